The Balaban J connectivity index is 2.12. The second-order valence-corrected chi connectivity index (χ2v) is 4.63. The lowest BCUT2D eigenvalue weighted by Crippen LogP contribution is -2.33. The van der Waals surface area contributed by atoms with E-state index in [2.05, 4.69) is 5.32 Å². The highest BCUT2D eigenvalue weighted by molar-refractivity contribution is 5.67. The van der Waals surface area contributed by atoms with Crippen molar-refractivity contribution < 1.29 is 19.4 Å². The molecule has 1 heterocycles. The maximum atomic E-state index is 11.6. The lowest BCUT2D eigenvalue weighted by atomic mass is 10.2. The SMILES string of the molecule is COC1CNC(COC(=O)N(C)CCCCO)C1. The standard InChI is InChI=1S/C12H24N2O4/c1-14(5-3-4-6-15)12(16)18-9-10-7-11(17-2)8-13-10/h10-11,13,15H,3-9H2,1-2H3. The Morgan fingerprint density at radius 2 is 2.28 bits per heavy atom. The van der Waals surface area contributed by atoms with Crippen LogP contribution in [0.1, 0.15) is 19.3 Å². The minimum absolute atomic E-state index is 0.160. The van der Waals surface area contributed by atoms with E-state index in [4.69, 9.17) is 14.6 Å². The number of carbonyl (C=O) groups is 1. The van der Waals surface area contributed by atoms with Crippen LogP contribution in [0.25, 0.3) is 0 Å². The Hall–Kier alpha value is -0.850. The van der Waals surface area contributed by atoms with Crippen LogP contribution in [0.5, 0.6) is 0 Å². The van der Waals surface area contributed by atoms with Gasteiger partial charge in [0.25, 0.3) is 0 Å². The summed E-state index contributed by atoms with van der Waals surface area (Å²) in [5.74, 6) is 0. The number of methoxy groups -OCH3 is 1. The topological polar surface area (TPSA) is 71.0 Å². The van der Waals surface area contributed by atoms with E-state index in [0.29, 0.717) is 19.6 Å². The summed E-state index contributed by atoms with van der Waals surface area (Å²) in [6, 6.07) is 0.185. The predicted molar refractivity (Wildman–Crippen MR) is 67.5 cm³/mol. The summed E-state index contributed by atoms with van der Waals surface area (Å²) in [7, 11) is 3.40. The van der Waals surface area contributed by atoms with E-state index >= 15 is 0 Å². The van der Waals surface area contributed by atoms with Crippen LogP contribution in [0.15, 0.2) is 0 Å². The van der Waals surface area contributed by atoms with E-state index in [0.717, 1.165) is 19.4 Å². The van der Waals surface area contributed by atoms with Gasteiger partial charge in [0.05, 0.1) is 6.10 Å². The van der Waals surface area contributed by atoms with Crippen LogP contribution in [0.4, 0.5) is 4.79 Å². The molecule has 0 radical (unpaired) electrons. The number of unbranched alkanes of at least 4 members (excludes halogenated alkanes) is 1. The first-order chi connectivity index (χ1) is 8.67. The van der Waals surface area contributed by atoms with Crippen molar-refractivity contribution in [3.8, 4) is 0 Å². The highest BCUT2D eigenvalue weighted by atomic mass is 16.6. The first-order valence-electron chi connectivity index (χ1n) is 6.42. The predicted octanol–water partition coefficient (Wildman–Crippen LogP) is 0.204. The molecule has 0 aliphatic carbocycles. The highest BCUT2D eigenvalue weighted by Crippen LogP contribution is 2.10. The third-order valence-electron chi connectivity index (χ3n) is 3.14. The van der Waals surface area contributed by atoms with Crippen molar-refractivity contribution in [3.05, 3.63) is 0 Å². The molecule has 2 N–H and O–H groups in total. The molecule has 6 heteroatoms. The van der Waals surface area contributed by atoms with Crippen molar-refractivity contribution in [2.45, 2.75) is 31.4 Å². The Bertz CT molecular complexity index is 250. The van der Waals surface area contributed by atoms with E-state index in [1.807, 2.05) is 0 Å². The zero-order valence-electron chi connectivity index (χ0n) is 11.2. The van der Waals surface area contributed by atoms with Crippen LogP contribution in [0.2, 0.25) is 0 Å². The fourth-order valence-corrected chi connectivity index (χ4v) is 1.92. The van der Waals surface area contributed by atoms with Crippen LogP contribution >= 0.6 is 0 Å². The molecule has 0 bridgehead atoms. The van der Waals surface area contributed by atoms with E-state index in [1.165, 1.54) is 0 Å². The molecule has 1 aliphatic rings. The largest absolute Gasteiger partial charge is 0.448 e. The van der Waals surface area contributed by atoms with Crippen LogP contribution in [-0.4, -0.2) is 68.7 Å². The minimum atomic E-state index is -0.310. The molecule has 106 valence electrons. The Kier molecular flexibility index (Phi) is 7.00. The molecule has 1 saturated heterocycles. The van der Waals surface area contributed by atoms with E-state index in [9.17, 15) is 4.79 Å². The quantitative estimate of drug-likeness (QED) is 0.640. The molecule has 0 aromatic carbocycles. The number of amides is 1. The lowest BCUT2D eigenvalue weighted by molar-refractivity contribution is 0.0935. The number of aliphatic hydroxyl groups excluding tert-OH is 1. The number of rotatable bonds is 7. The van der Waals surface area contributed by atoms with Crippen LogP contribution in [0, 0.1) is 0 Å². The summed E-state index contributed by atoms with van der Waals surface area (Å²) in [5, 5.41) is 11.9. The second-order valence-electron chi connectivity index (χ2n) is 4.63. The lowest BCUT2D eigenvalue weighted by Gasteiger charge is -2.18. The molecule has 6 nitrogen and oxygen atoms in total. The molecule has 2 unspecified atom stereocenters. The number of hydrogen-bond acceptors (Lipinski definition) is 5. The molecule has 1 aliphatic heterocycles. The molecule has 2 atom stereocenters. The second kappa shape index (κ2) is 8.29. The smallest absolute Gasteiger partial charge is 0.409 e. The third kappa shape index (κ3) is 5.20. The first kappa shape index (κ1) is 15.2. The molecule has 0 aromatic heterocycles. The summed E-state index contributed by atoms with van der Waals surface area (Å²) in [5.41, 5.74) is 0. The average molecular weight is 260 g/mol. The van der Waals surface area contributed by atoms with Crippen molar-refractivity contribution >= 4 is 6.09 Å². The van der Waals surface area contributed by atoms with E-state index in [1.54, 1.807) is 19.1 Å². The molecule has 18 heavy (non-hydrogen) atoms. The molecule has 0 aromatic rings. The van der Waals surface area contributed by atoms with Gasteiger partial charge in [0, 0.05) is 39.9 Å². The van der Waals surface area contributed by atoms with Gasteiger partial charge in [-0.25, -0.2) is 4.79 Å². The van der Waals surface area contributed by atoms with Crippen molar-refractivity contribution in [1.82, 2.24) is 10.2 Å². The van der Waals surface area contributed by atoms with Crippen LogP contribution in [-0.2, 0) is 9.47 Å². The molecular formula is C12H24N2O4. The summed E-state index contributed by atoms with van der Waals surface area (Å²) in [4.78, 5) is 13.2. The number of ether oxygens (including phenoxy) is 2. The van der Waals surface area contributed by atoms with Gasteiger partial charge >= 0.3 is 6.09 Å². The number of nitrogens with zero attached hydrogens (tertiary/aromatic N) is 1. The highest BCUT2D eigenvalue weighted by Gasteiger charge is 2.25. The molecular weight excluding hydrogens is 236 g/mol. The summed E-state index contributed by atoms with van der Waals surface area (Å²) in [6.45, 7) is 1.96. The van der Waals surface area contributed by atoms with Gasteiger partial charge in [-0.2, -0.15) is 0 Å². The molecule has 0 saturated carbocycles. The average Bonchev–Trinajstić information content (AvgIpc) is 2.84. The Labute approximate surface area is 108 Å². The summed E-state index contributed by atoms with van der Waals surface area (Å²) < 4.78 is 10.4. The van der Waals surface area contributed by atoms with Crippen molar-refractivity contribution in [3.63, 3.8) is 0 Å². The minimum Gasteiger partial charge on any atom is -0.448 e. The van der Waals surface area contributed by atoms with Gasteiger partial charge in [-0.1, -0.05) is 0 Å². The van der Waals surface area contributed by atoms with Gasteiger partial charge < -0.3 is 24.8 Å². The van der Waals surface area contributed by atoms with Crippen molar-refractivity contribution in [2.24, 2.45) is 0 Å². The van der Waals surface area contributed by atoms with Crippen molar-refractivity contribution in [2.75, 3.05) is 40.5 Å². The number of aliphatic hydroxyl groups is 1. The first-order valence-corrected chi connectivity index (χ1v) is 6.42. The van der Waals surface area contributed by atoms with Crippen LogP contribution < -0.4 is 5.32 Å². The van der Waals surface area contributed by atoms with Crippen molar-refractivity contribution in [1.29, 1.82) is 0 Å². The molecule has 1 rings (SSSR count). The molecule has 1 fully saturated rings. The van der Waals surface area contributed by atoms with Gasteiger partial charge in [-0.05, 0) is 19.3 Å². The van der Waals surface area contributed by atoms with Gasteiger partial charge in [-0.15, -0.1) is 0 Å². The Morgan fingerprint density at radius 1 is 1.50 bits per heavy atom. The monoisotopic (exact) mass is 260 g/mol. The number of carbonyl (C=O) groups excluding carboxylic acids is 1. The molecule has 1 amide bonds. The number of nitrogens with one attached hydrogen (secondary N) is 1. The normalized spacial score (nSPS) is 23.1. The summed E-state index contributed by atoms with van der Waals surface area (Å²) in [6.07, 6.45) is 2.27. The Morgan fingerprint density at radius 3 is 2.89 bits per heavy atom. The van der Waals surface area contributed by atoms with E-state index < -0.39 is 0 Å². The zero-order valence-corrected chi connectivity index (χ0v) is 11.2. The van der Waals surface area contributed by atoms with Gasteiger partial charge in [0.1, 0.15) is 6.61 Å². The fourth-order valence-electron chi connectivity index (χ4n) is 1.92. The number of hydrogen-bond donors (Lipinski definition) is 2. The third-order valence-corrected chi connectivity index (χ3v) is 3.14. The van der Waals surface area contributed by atoms with Gasteiger partial charge in [0.15, 0.2) is 0 Å². The molecule has 0 spiro atoms. The maximum Gasteiger partial charge on any atom is 0.409 e. The van der Waals surface area contributed by atoms with Crippen LogP contribution in [0.3, 0.4) is 0 Å². The maximum absolute atomic E-state index is 11.6. The van der Waals surface area contributed by atoms with Gasteiger partial charge in [-0.3, -0.25) is 0 Å². The van der Waals surface area contributed by atoms with Gasteiger partial charge in [0.2, 0.25) is 0 Å². The zero-order chi connectivity index (χ0) is 13.4. The summed E-state index contributed by atoms with van der Waals surface area (Å²) >= 11 is 0. The van der Waals surface area contributed by atoms with E-state index in [-0.39, 0.29) is 24.8 Å². The fraction of sp³-hybridized carbons (Fsp3) is 0.917.